The van der Waals surface area contributed by atoms with Crippen molar-refractivity contribution in [1.82, 2.24) is 0 Å². The van der Waals surface area contributed by atoms with Crippen LogP contribution in [0.2, 0.25) is 0 Å². The lowest BCUT2D eigenvalue weighted by atomic mass is 10.0. The van der Waals surface area contributed by atoms with Crippen molar-refractivity contribution in [2.24, 2.45) is 5.92 Å². The number of nitrogens with one attached hydrogen (secondary N) is 1. The first-order valence-corrected chi connectivity index (χ1v) is 7.69. The molecule has 1 fully saturated rings. The van der Waals surface area contributed by atoms with E-state index in [-0.39, 0.29) is 17.6 Å². The Balaban J connectivity index is 1.69. The fraction of sp³-hybridized carbons (Fsp3) is 0.353. The highest BCUT2D eigenvalue weighted by atomic mass is 16.6. The topological polar surface area (TPSA) is 80.9 Å². The number of aliphatic hydroxyl groups is 1. The predicted molar refractivity (Wildman–Crippen MR) is 81.8 cm³/mol. The maximum Gasteiger partial charge on any atom is 0.291 e. The van der Waals surface area contributed by atoms with Gasteiger partial charge in [0.2, 0.25) is 0 Å². The Morgan fingerprint density at radius 1 is 1.22 bits per heavy atom. The van der Waals surface area contributed by atoms with Crippen LogP contribution >= 0.6 is 0 Å². The largest absolute Gasteiger partial charge is 0.486 e. The molecular weight excluding hydrogens is 298 g/mol. The van der Waals surface area contributed by atoms with Crippen molar-refractivity contribution in [3.05, 3.63) is 41.9 Å². The molecule has 1 aliphatic heterocycles. The predicted octanol–water partition coefficient (Wildman–Crippen LogP) is 2.75. The molecule has 1 aromatic heterocycles. The van der Waals surface area contributed by atoms with Crippen molar-refractivity contribution in [3.63, 3.8) is 0 Å². The molecule has 1 aliphatic carbocycles. The number of ether oxygens (including phenoxy) is 2. The maximum atomic E-state index is 12.2. The number of anilines is 1. The molecule has 2 heterocycles. The molecule has 1 atom stereocenters. The molecule has 2 aliphatic rings. The number of hydrogen-bond acceptors (Lipinski definition) is 5. The molecule has 0 saturated heterocycles. The Morgan fingerprint density at radius 3 is 2.61 bits per heavy atom. The van der Waals surface area contributed by atoms with Gasteiger partial charge in [0.1, 0.15) is 13.2 Å². The second kappa shape index (κ2) is 5.62. The van der Waals surface area contributed by atoms with Gasteiger partial charge in [0.05, 0.1) is 18.1 Å². The highest BCUT2D eigenvalue weighted by Crippen LogP contribution is 2.46. The van der Waals surface area contributed by atoms with Gasteiger partial charge in [-0.05, 0) is 37.0 Å². The standard InChI is InChI=1S/C17H17NO5/c19-16(10-3-4-10)11-8-14-15(23-7-6-22-14)9-12(11)18-17(20)13-2-1-5-21-13/h1-2,5,8-10,16,19H,3-4,6-7H2,(H,18,20)/t16-/m0/s1. The highest BCUT2D eigenvalue weighted by molar-refractivity contribution is 6.02. The zero-order valence-corrected chi connectivity index (χ0v) is 12.5. The van der Waals surface area contributed by atoms with Crippen LogP contribution in [0.4, 0.5) is 5.69 Å². The molecule has 0 unspecified atom stereocenters. The summed E-state index contributed by atoms with van der Waals surface area (Å²) >= 11 is 0. The number of amides is 1. The number of fused-ring (bicyclic) bond motifs is 1. The van der Waals surface area contributed by atoms with Gasteiger partial charge in [-0.3, -0.25) is 4.79 Å². The van der Waals surface area contributed by atoms with Gasteiger partial charge in [-0.25, -0.2) is 0 Å². The van der Waals surface area contributed by atoms with Crippen LogP contribution in [0.25, 0.3) is 0 Å². The van der Waals surface area contributed by atoms with Crippen molar-refractivity contribution in [2.45, 2.75) is 18.9 Å². The van der Waals surface area contributed by atoms with E-state index in [4.69, 9.17) is 13.9 Å². The number of carbonyl (C=O) groups excluding carboxylic acids is 1. The molecule has 1 aromatic carbocycles. The normalized spacial score (nSPS) is 17.6. The number of carbonyl (C=O) groups is 1. The smallest absolute Gasteiger partial charge is 0.291 e. The molecular formula is C17H17NO5. The zero-order chi connectivity index (χ0) is 15.8. The van der Waals surface area contributed by atoms with E-state index in [0.717, 1.165) is 12.8 Å². The molecule has 0 bridgehead atoms. The summed E-state index contributed by atoms with van der Waals surface area (Å²) in [6.07, 6.45) is 2.79. The maximum absolute atomic E-state index is 12.2. The Labute approximate surface area is 133 Å². The summed E-state index contributed by atoms with van der Waals surface area (Å²) in [6, 6.07) is 6.70. The Kier molecular flexibility index (Phi) is 3.46. The van der Waals surface area contributed by atoms with E-state index in [1.54, 1.807) is 24.3 Å². The fourth-order valence-corrected chi connectivity index (χ4v) is 2.72. The lowest BCUT2D eigenvalue weighted by molar-refractivity contribution is 0.0995. The lowest BCUT2D eigenvalue weighted by Crippen LogP contribution is -2.18. The molecule has 1 saturated carbocycles. The molecule has 0 radical (unpaired) electrons. The van der Waals surface area contributed by atoms with Gasteiger partial charge in [-0.15, -0.1) is 0 Å². The van der Waals surface area contributed by atoms with Gasteiger partial charge in [0, 0.05) is 11.6 Å². The number of furan rings is 1. The molecule has 2 N–H and O–H groups in total. The second-order valence-electron chi connectivity index (χ2n) is 5.80. The van der Waals surface area contributed by atoms with Crippen LogP contribution in [-0.2, 0) is 0 Å². The second-order valence-corrected chi connectivity index (χ2v) is 5.80. The summed E-state index contributed by atoms with van der Waals surface area (Å²) in [5.41, 5.74) is 1.17. The first-order valence-electron chi connectivity index (χ1n) is 7.69. The fourth-order valence-electron chi connectivity index (χ4n) is 2.72. The van der Waals surface area contributed by atoms with E-state index >= 15 is 0 Å². The minimum Gasteiger partial charge on any atom is -0.486 e. The third kappa shape index (κ3) is 2.77. The van der Waals surface area contributed by atoms with Crippen molar-refractivity contribution in [3.8, 4) is 11.5 Å². The average molecular weight is 315 g/mol. The van der Waals surface area contributed by atoms with Crippen LogP contribution in [0.1, 0.15) is 35.1 Å². The summed E-state index contributed by atoms with van der Waals surface area (Å²) in [5, 5.41) is 13.3. The minimum atomic E-state index is -0.627. The monoisotopic (exact) mass is 315 g/mol. The zero-order valence-electron chi connectivity index (χ0n) is 12.5. The van der Waals surface area contributed by atoms with Crippen molar-refractivity contribution in [2.75, 3.05) is 18.5 Å². The minimum absolute atomic E-state index is 0.215. The molecule has 1 amide bonds. The summed E-state index contributed by atoms with van der Waals surface area (Å²) in [5.74, 6) is 1.25. The van der Waals surface area contributed by atoms with E-state index in [1.165, 1.54) is 6.26 Å². The first-order chi connectivity index (χ1) is 11.2. The summed E-state index contributed by atoms with van der Waals surface area (Å²) in [7, 11) is 0. The van der Waals surface area contributed by atoms with E-state index < -0.39 is 6.10 Å². The Bertz CT molecular complexity index is 721. The number of aliphatic hydroxyl groups excluding tert-OH is 1. The van der Waals surface area contributed by atoms with Gasteiger partial charge >= 0.3 is 0 Å². The molecule has 6 heteroatoms. The van der Waals surface area contributed by atoms with Gasteiger partial charge < -0.3 is 24.3 Å². The molecule has 6 nitrogen and oxygen atoms in total. The average Bonchev–Trinajstić information content (AvgIpc) is 3.27. The van der Waals surface area contributed by atoms with Crippen LogP contribution in [0.3, 0.4) is 0 Å². The Hall–Kier alpha value is -2.47. The van der Waals surface area contributed by atoms with Crippen molar-refractivity contribution < 1.29 is 23.8 Å². The quantitative estimate of drug-likeness (QED) is 0.906. The van der Waals surface area contributed by atoms with Gasteiger partial charge in [0.15, 0.2) is 17.3 Å². The first kappa shape index (κ1) is 14.1. The number of hydrogen-bond donors (Lipinski definition) is 2. The van der Waals surface area contributed by atoms with Crippen LogP contribution in [0.5, 0.6) is 11.5 Å². The molecule has 0 spiro atoms. The highest BCUT2D eigenvalue weighted by Gasteiger charge is 2.33. The number of benzene rings is 1. The van der Waals surface area contributed by atoms with Crippen LogP contribution in [0.15, 0.2) is 34.9 Å². The van der Waals surface area contributed by atoms with E-state index in [0.29, 0.717) is 36.0 Å². The summed E-state index contributed by atoms with van der Waals surface area (Å²) in [6.45, 7) is 0.938. The SMILES string of the molecule is O=C(Nc1cc2c(cc1[C@@H](O)C1CC1)OCCO2)c1ccco1. The molecule has 4 rings (SSSR count). The van der Waals surface area contributed by atoms with Gasteiger partial charge in [-0.2, -0.15) is 0 Å². The third-order valence-corrected chi connectivity index (χ3v) is 4.09. The lowest BCUT2D eigenvalue weighted by Gasteiger charge is -2.23. The molecule has 23 heavy (non-hydrogen) atoms. The third-order valence-electron chi connectivity index (χ3n) is 4.09. The van der Waals surface area contributed by atoms with Crippen molar-refractivity contribution >= 4 is 11.6 Å². The van der Waals surface area contributed by atoms with Crippen LogP contribution in [0, 0.1) is 5.92 Å². The van der Waals surface area contributed by atoms with Crippen LogP contribution in [-0.4, -0.2) is 24.2 Å². The summed E-state index contributed by atoms with van der Waals surface area (Å²) < 4.78 is 16.3. The van der Waals surface area contributed by atoms with Gasteiger partial charge in [-0.1, -0.05) is 0 Å². The number of rotatable bonds is 4. The molecule has 2 aromatic rings. The van der Waals surface area contributed by atoms with Crippen LogP contribution < -0.4 is 14.8 Å². The van der Waals surface area contributed by atoms with Crippen molar-refractivity contribution in [1.29, 1.82) is 0 Å². The van der Waals surface area contributed by atoms with E-state index in [1.807, 2.05) is 0 Å². The van der Waals surface area contributed by atoms with Gasteiger partial charge in [0.25, 0.3) is 5.91 Å². The molecule has 120 valence electrons. The van der Waals surface area contributed by atoms with E-state index in [9.17, 15) is 9.90 Å². The Morgan fingerprint density at radius 2 is 1.96 bits per heavy atom. The summed E-state index contributed by atoms with van der Waals surface area (Å²) in [4.78, 5) is 12.2. The van der Waals surface area contributed by atoms with E-state index in [2.05, 4.69) is 5.32 Å².